The van der Waals surface area contributed by atoms with Crippen LogP contribution >= 0.6 is 0 Å². The van der Waals surface area contributed by atoms with Gasteiger partial charge in [0.2, 0.25) is 10.4 Å². The molecule has 0 aliphatic rings. The number of para-hydroxylation sites is 2. The van der Waals surface area contributed by atoms with Crippen molar-refractivity contribution in [2.24, 2.45) is 5.73 Å². The largest absolute Gasteiger partial charge is 1.00 e. The van der Waals surface area contributed by atoms with Gasteiger partial charge in [-0.05, 0) is 12.1 Å². The first-order valence-electron chi connectivity index (χ1n) is 7.62. The van der Waals surface area contributed by atoms with Gasteiger partial charge in [0.1, 0.15) is 19.2 Å². The van der Waals surface area contributed by atoms with Gasteiger partial charge in [0, 0.05) is 0 Å². The van der Waals surface area contributed by atoms with Gasteiger partial charge in [-0.2, -0.15) is 0 Å². The summed E-state index contributed by atoms with van der Waals surface area (Å²) in [5, 5.41) is 0. The molecule has 0 radical (unpaired) electrons. The minimum atomic E-state index is -5.85. The SMILES string of the molecule is [2H]C([2H])(OC(N)=O)C([2H])(OS(=O)(=O)[O-])C([2H])([2H])Oc1ccccc1OC.[Na+]. The number of rotatable bonds is 8. The number of methoxy groups -OCH3 is 1. The third-order valence-corrected chi connectivity index (χ3v) is 2.12. The van der Waals surface area contributed by atoms with Crippen molar-refractivity contribution in [1.29, 1.82) is 0 Å². The van der Waals surface area contributed by atoms with Crippen LogP contribution in [0.3, 0.4) is 0 Å². The summed E-state index contributed by atoms with van der Waals surface area (Å²) in [5.74, 6) is -0.460. The van der Waals surface area contributed by atoms with E-state index in [9.17, 15) is 17.8 Å². The predicted molar refractivity (Wildman–Crippen MR) is 68.6 cm³/mol. The van der Waals surface area contributed by atoms with Gasteiger partial charge in [0.05, 0.1) is 14.0 Å². The topological polar surface area (TPSA) is 137 Å². The maximum atomic E-state index is 10.9. The zero-order valence-electron chi connectivity index (χ0n) is 16.6. The van der Waals surface area contributed by atoms with Crippen LogP contribution in [-0.4, -0.2) is 45.4 Å². The van der Waals surface area contributed by atoms with E-state index in [2.05, 4.69) is 14.7 Å². The molecule has 1 aromatic rings. The van der Waals surface area contributed by atoms with Crippen LogP contribution in [-0.2, 0) is 19.3 Å². The third kappa shape index (κ3) is 8.41. The van der Waals surface area contributed by atoms with Gasteiger partial charge in [-0.3, -0.25) is 4.18 Å². The molecule has 0 saturated heterocycles. The summed E-state index contributed by atoms with van der Waals surface area (Å²) in [4.78, 5) is 10.8. The third-order valence-electron chi connectivity index (χ3n) is 1.75. The molecule has 2 N–H and O–H groups in total. The number of primary amides is 1. The number of nitrogens with two attached hydrogens (primary N) is 1. The Kier molecular flexibility index (Phi) is 6.01. The van der Waals surface area contributed by atoms with E-state index in [1.807, 2.05) is 0 Å². The van der Waals surface area contributed by atoms with Crippen molar-refractivity contribution in [1.82, 2.24) is 0 Å². The van der Waals surface area contributed by atoms with Crippen LogP contribution in [0, 0.1) is 0 Å². The number of carbonyl (C=O) groups excluding carboxylic acids is 1. The van der Waals surface area contributed by atoms with Crippen LogP contribution in [0.4, 0.5) is 4.79 Å². The summed E-state index contributed by atoms with van der Waals surface area (Å²) in [6.07, 6.45) is -5.86. The maximum Gasteiger partial charge on any atom is 1.00 e. The fraction of sp³-hybridized carbons (Fsp3) is 0.364. The first-order chi connectivity index (χ1) is 11.7. The van der Waals surface area contributed by atoms with E-state index in [0.29, 0.717) is 0 Å². The fourth-order valence-electron chi connectivity index (χ4n) is 1.06. The molecule has 0 fully saturated rings. The molecule has 1 aromatic carbocycles. The Bertz CT molecular complexity index is 780. The molecular formula is C11H14NNaO8S. The van der Waals surface area contributed by atoms with Crippen molar-refractivity contribution >= 4 is 16.5 Å². The molecule has 0 aromatic heterocycles. The zero-order valence-corrected chi connectivity index (χ0v) is 14.4. The molecule has 0 heterocycles. The number of hydrogen-bond acceptors (Lipinski definition) is 8. The first-order valence-corrected chi connectivity index (χ1v) is 6.45. The van der Waals surface area contributed by atoms with Crippen molar-refractivity contribution in [3.63, 3.8) is 0 Å². The van der Waals surface area contributed by atoms with Crippen molar-refractivity contribution < 1.29 is 72.6 Å². The summed E-state index contributed by atoms with van der Waals surface area (Å²) in [5.41, 5.74) is 4.63. The molecule has 1 rings (SSSR count). The molecule has 9 nitrogen and oxygen atoms in total. The van der Waals surface area contributed by atoms with Crippen LogP contribution in [0.2, 0.25) is 0 Å². The number of ether oxygens (including phenoxy) is 3. The molecule has 22 heavy (non-hydrogen) atoms. The van der Waals surface area contributed by atoms with E-state index in [0.717, 1.165) is 6.07 Å². The zero-order chi connectivity index (χ0) is 20.4. The molecule has 1 atom stereocenters. The Balaban J connectivity index is 0.00000676. The van der Waals surface area contributed by atoms with Crippen molar-refractivity contribution in [2.75, 3.05) is 20.2 Å². The number of hydrogen-bond donors (Lipinski definition) is 1. The van der Waals surface area contributed by atoms with E-state index in [1.165, 1.54) is 25.3 Å². The molecule has 11 heteroatoms. The predicted octanol–water partition coefficient (Wildman–Crippen LogP) is -2.98. The summed E-state index contributed by atoms with van der Waals surface area (Å²) in [6, 6.07) is 5.30. The summed E-state index contributed by atoms with van der Waals surface area (Å²) >= 11 is 0. The van der Waals surface area contributed by atoms with Gasteiger partial charge in [-0.1, -0.05) is 12.1 Å². The van der Waals surface area contributed by atoms with Gasteiger partial charge in [0.15, 0.2) is 11.5 Å². The van der Waals surface area contributed by atoms with E-state index < -0.39 is 41.4 Å². The first kappa shape index (κ1) is 13.4. The van der Waals surface area contributed by atoms with Crippen molar-refractivity contribution in [3.05, 3.63) is 24.3 Å². The molecule has 0 saturated carbocycles. The van der Waals surface area contributed by atoms with Gasteiger partial charge < -0.3 is 24.5 Å². The second-order valence-electron chi connectivity index (χ2n) is 3.20. The van der Waals surface area contributed by atoms with Crippen LogP contribution in [0.25, 0.3) is 0 Å². The summed E-state index contributed by atoms with van der Waals surface area (Å²) in [7, 11) is -4.66. The van der Waals surface area contributed by atoms with Gasteiger partial charge in [0.25, 0.3) is 0 Å². The fourth-order valence-corrected chi connectivity index (χ4v) is 1.33. The van der Waals surface area contributed by atoms with E-state index in [-0.39, 0.29) is 35.3 Å². The van der Waals surface area contributed by atoms with E-state index in [4.69, 9.17) is 16.3 Å². The number of carbonyl (C=O) groups is 1. The Hall–Kier alpha value is -1.04. The Morgan fingerprint density at radius 3 is 2.50 bits per heavy atom. The van der Waals surface area contributed by atoms with Gasteiger partial charge in [-0.15, -0.1) is 0 Å². The average molecular weight is 348 g/mol. The smallest absolute Gasteiger partial charge is 0.726 e. The monoisotopic (exact) mass is 348 g/mol. The molecular weight excluding hydrogens is 329 g/mol. The van der Waals surface area contributed by atoms with Crippen LogP contribution in [0.5, 0.6) is 11.5 Å². The quantitative estimate of drug-likeness (QED) is 0.298. The second-order valence-corrected chi connectivity index (χ2v) is 4.18. The molecule has 0 spiro atoms. The Morgan fingerprint density at radius 2 is 2.00 bits per heavy atom. The van der Waals surface area contributed by atoms with Crippen LogP contribution in [0.15, 0.2) is 24.3 Å². The molecule has 0 aliphatic heterocycles. The normalized spacial score (nSPS) is 18.0. The standard InChI is InChI=1S/C11H15NO8S.Na/c1-17-9-4-2-3-5-10(9)18-6-8(7-19-11(12)13)20-21(14,15)16;/h2-5,8H,6-7H2,1H3,(H2,12,13)(H,14,15,16);/q;+1/p-1/i6D2,7D2,8D;. The minimum Gasteiger partial charge on any atom is -0.726 e. The van der Waals surface area contributed by atoms with E-state index in [1.54, 1.807) is 0 Å². The van der Waals surface area contributed by atoms with Crippen LogP contribution < -0.4 is 44.8 Å². The maximum absolute atomic E-state index is 10.9. The molecule has 1 unspecified atom stereocenters. The van der Waals surface area contributed by atoms with E-state index >= 15 is 0 Å². The van der Waals surface area contributed by atoms with Crippen LogP contribution in [0.1, 0.15) is 6.85 Å². The van der Waals surface area contributed by atoms with Crippen molar-refractivity contribution in [3.8, 4) is 11.5 Å². The minimum absolute atomic E-state index is 0. The van der Waals surface area contributed by atoms with Crippen molar-refractivity contribution in [2.45, 2.75) is 6.08 Å². The Morgan fingerprint density at radius 1 is 1.41 bits per heavy atom. The number of amides is 1. The molecule has 0 bridgehead atoms. The van der Waals surface area contributed by atoms with Gasteiger partial charge >= 0.3 is 35.7 Å². The van der Waals surface area contributed by atoms with Gasteiger partial charge in [-0.25, -0.2) is 13.2 Å². The molecule has 1 amide bonds. The second kappa shape index (κ2) is 9.87. The summed E-state index contributed by atoms with van der Waals surface area (Å²) < 4.78 is 88.4. The molecule has 118 valence electrons. The molecule has 0 aliphatic carbocycles. The summed E-state index contributed by atoms with van der Waals surface area (Å²) in [6.45, 7) is -7.56. The average Bonchev–Trinajstić information content (AvgIpc) is 2.43. The number of benzene rings is 1. The Labute approximate surface area is 156 Å².